The number of hydrogen-bond donors (Lipinski definition) is 2. The molecule has 0 heterocycles. The fourth-order valence-corrected chi connectivity index (χ4v) is 3.25. The van der Waals surface area contributed by atoms with Gasteiger partial charge in [0.25, 0.3) is 0 Å². The van der Waals surface area contributed by atoms with Crippen molar-refractivity contribution in [1.82, 2.24) is 5.32 Å². The van der Waals surface area contributed by atoms with E-state index in [0.717, 1.165) is 38.5 Å². The maximum absolute atomic E-state index is 12.1. The number of aryl methyl sites for hydroxylation is 2. The van der Waals surface area contributed by atoms with Gasteiger partial charge < -0.3 is 10.4 Å². The second kappa shape index (κ2) is 7.43. The number of carboxylic acid groups (broad SMARTS) is 1. The molecule has 120 valence electrons. The SMILES string of the molecule is Cc1ccc(CCCC(=O)NC2(CC(=O)O)CCCC2)cc1. The lowest BCUT2D eigenvalue weighted by Crippen LogP contribution is -2.47. The number of aliphatic carboxylic acids is 1. The monoisotopic (exact) mass is 303 g/mol. The maximum Gasteiger partial charge on any atom is 0.305 e. The molecule has 0 atom stereocenters. The van der Waals surface area contributed by atoms with E-state index in [4.69, 9.17) is 5.11 Å². The van der Waals surface area contributed by atoms with Crippen LogP contribution in [0.15, 0.2) is 24.3 Å². The van der Waals surface area contributed by atoms with Gasteiger partial charge in [-0.3, -0.25) is 9.59 Å². The number of hydrogen-bond acceptors (Lipinski definition) is 2. The normalized spacial score (nSPS) is 16.4. The molecule has 1 fully saturated rings. The van der Waals surface area contributed by atoms with E-state index in [1.807, 2.05) is 0 Å². The molecule has 4 nitrogen and oxygen atoms in total. The zero-order chi connectivity index (χ0) is 16.0. The highest BCUT2D eigenvalue weighted by molar-refractivity contribution is 5.78. The van der Waals surface area contributed by atoms with Crippen LogP contribution < -0.4 is 5.32 Å². The van der Waals surface area contributed by atoms with Crippen molar-refractivity contribution >= 4 is 11.9 Å². The molecular formula is C18H25NO3. The van der Waals surface area contributed by atoms with Crippen LogP contribution in [0.2, 0.25) is 0 Å². The number of rotatable bonds is 7. The number of amides is 1. The zero-order valence-corrected chi connectivity index (χ0v) is 13.2. The number of benzene rings is 1. The molecule has 0 aliphatic heterocycles. The van der Waals surface area contributed by atoms with Crippen molar-refractivity contribution in [3.05, 3.63) is 35.4 Å². The Balaban J connectivity index is 1.79. The number of carbonyl (C=O) groups excluding carboxylic acids is 1. The molecule has 4 heteroatoms. The van der Waals surface area contributed by atoms with Crippen molar-refractivity contribution in [2.75, 3.05) is 0 Å². The summed E-state index contributed by atoms with van der Waals surface area (Å²) >= 11 is 0. The van der Waals surface area contributed by atoms with Gasteiger partial charge in [0.1, 0.15) is 0 Å². The second-order valence-corrected chi connectivity index (χ2v) is 6.45. The highest BCUT2D eigenvalue weighted by atomic mass is 16.4. The van der Waals surface area contributed by atoms with Crippen molar-refractivity contribution in [3.63, 3.8) is 0 Å². The Morgan fingerprint density at radius 1 is 1.18 bits per heavy atom. The molecule has 0 unspecified atom stereocenters. The van der Waals surface area contributed by atoms with Crippen LogP contribution in [0.1, 0.15) is 56.1 Å². The highest BCUT2D eigenvalue weighted by Gasteiger charge is 2.37. The Kier molecular flexibility index (Phi) is 5.58. The average Bonchev–Trinajstić information content (AvgIpc) is 2.88. The molecule has 0 radical (unpaired) electrons. The molecule has 1 aliphatic carbocycles. The summed E-state index contributed by atoms with van der Waals surface area (Å²) in [6.07, 6.45) is 5.71. The van der Waals surface area contributed by atoms with Crippen molar-refractivity contribution in [2.45, 2.75) is 63.8 Å². The zero-order valence-electron chi connectivity index (χ0n) is 13.2. The Bertz CT molecular complexity index is 516. The Labute approximate surface area is 131 Å². The van der Waals surface area contributed by atoms with Crippen molar-refractivity contribution in [2.24, 2.45) is 0 Å². The van der Waals surface area contributed by atoms with E-state index in [1.54, 1.807) is 0 Å². The van der Waals surface area contributed by atoms with E-state index in [-0.39, 0.29) is 12.3 Å². The summed E-state index contributed by atoms with van der Waals surface area (Å²) in [6.45, 7) is 2.06. The molecule has 2 rings (SSSR count). The third-order valence-electron chi connectivity index (χ3n) is 4.44. The Morgan fingerprint density at radius 3 is 2.41 bits per heavy atom. The lowest BCUT2D eigenvalue weighted by atomic mass is 9.93. The summed E-state index contributed by atoms with van der Waals surface area (Å²) in [5.41, 5.74) is 1.96. The average molecular weight is 303 g/mol. The summed E-state index contributed by atoms with van der Waals surface area (Å²) in [5, 5.41) is 12.0. The smallest absolute Gasteiger partial charge is 0.305 e. The molecule has 2 N–H and O–H groups in total. The first-order chi connectivity index (χ1) is 10.5. The fraction of sp³-hybridized carbons (Fsp3) is 0.556. The Morgan fingerprint density at radius 2 is 1.82 bits per heavy atom. The number of nitrogens with one attached hydrogen (secondary N) is 1. The lowest BCUT2D eigenvalue weighted by Gasteiger charge is -2.28. The molecule has 1 aromatic carbocycles. The topological polar surface area (TPSA) is 66.4 Å². The van der Waals surface area contributed by atoms with Gasteiger partial charge >= 0.3 is 5.97 Å². The first-order valence-corrected chi connectivity index (χ1v) is 8.07. The van der Waals surface area contributed by atoms with Crippen LogP contribution in [0.25, 0.3) is 0 Å². The van der Waals surface area contributed by atoms with Crippen molar-refractivity contribution in [3.8, 4) is 0 Å². The molecule has 1 aliphatic rings. The number of carbonyl (C=O) groups is 2. The van der Waals surface area contributed by atoms with Gasteiger partial charge in [-0.05, 0) is 38.2 Å². The van der Waals surface area contributed by atoms with Crippen LogP contribution >= 0.6 is 0 Å². The molecule has 1 aromatic rings. The fourth-order valence-electron chi connectivity index (χ4n) is 3.25. The third-order valence-corrected chi connectivity index (χ3v) is 4.44. The van der Waals surface area contributed by atoms with E-state index in [9.17, 15) is 9.59 Å². The molecule has 0 aromatic heterocycles. The molecule has 0 spiro atoms. The molecule has 22 heavy (non-hydrogen) atoms. The third kappa shape index (κ3) is 4.86. The first-order valence-electron chi connectivity index (χ1n) is 8.07. The van der Waals surface area contributed by atoms with Gasteiger partial charge in [0, 0.05) is 6.42 Å². The van der Waals surface area contributed by atoms with Gasteiger partial charge in [0.05, 0.1) is 12.0 Å². The minimum Gasteiger partial charge on any atom is -0.481 e. The summed E-state index contributed by atoms with van der Waals surface area (Å²) in [7, 11) is 0. The standard InChI is InChI=1S/C18H25NO3/c1-14-7-9-15(10-8-14)5-4-6-16(20)19-18(13-17(21)22)11-2-3-12-18/h7-10H,2-6,11-13H2,1H3,(H,19,20)(H,21,22). The Hall–Kier alpha value is -1.84. The minimum absolute atomic E-state index is 0.0183. The van der Waals surface area contributed by atoms with Gasteiger partial charge in [-0.25, -0.2) is 0 Å². The van der Waals surface area contributed by atoms with Crippen LogP contribution in [0.3, 0.4) is 0 Å². The van der Waals surface area contributed by atoms with Gasteiger partial charge in [-0.2, -0.15) is 0 Å². The summed E-state index contributed by atoms with van der Waals surface area (Å²) < 4.78 is 0. The van der Waals surface area contributed by atoms with Gasteiger partial charge in [0.15, 0.2) is 0 Å². The first kappa shape index (κ1) is 16.5. The van der Waals surface area contributed by atoms with E-state index in [0.29, 0.717) is 6.42 Å². The van der Waals surface area contributed by atoms with E-state index < -0.39 is 11.5 Å². The van der Waals surface area contributed by atoms with Crippen molar-refractivity contribution in [1.29, 1.82) is 0 Å². The van der Waals surface area contributed by atoms with Gasteiger partial charge in [-0.1, -0.05) is 42.7 Å². The summed E-state index contributed by atoms with van der Waals surface area (Å²) in [4.78, 5) is 23.1. The molecule has 0 bridgehead atoms. The van der Waals surface area contributed by atoms with Crippen LogP contribution in [-0.2, 0) is 16.0 Å². The maximum atomic E-state index is 12.1. The quantitative estimate of drug-likeness (QED) is 0.812. The largest absolute Gasteiger partial charge is 0.481 e. The van der Waals surface area contributed by atoms with Crippen LogP contribution in [0.4, 0.5) is 0 Å². The molecule has 0 saturated heterocycles. The molecule has 1 amide bonds. The van der Waals surface area contributed by atoms with Crippen molar-refractivity contribution < 1.29 is 14.7 Å². The predicted octanol–water partition coefficient (Wildman–Crippen LogP) is 3.22. The molecule has 1 saturated carbocycles. The van der Waals surface area contributed by atoms with E-state index in [2.05, 4.69) is 36.5 Å². The van der Waals surface area contributed by atoms with E-state index in [1.165, 1.54) is 11.1 Å². The number of carboxylic acids is 1. The second-order valence-electron chi connectivity index (χ2n) is 6.45. The highest BCUT2D eigenvalue weighted by Crippen LogP contribution is 2.32. The van der Waals surface area contributed by atoms with Gasteiger partial charge in [-0.15, -0.1) is 0 Å². The molecular weight excluding hydrogens is 278 g/mol. The summed E-state index contributed by atoms with van der Waals surface area (Å²) in [5.74, 6) is -0.850. The van der Waals surface area contributed by atoms with Gasteiger partial charge in [0.2, 0.25) is 5.91 Å². The van der Waals surface area contributed by atoms with Crippen LogP contribution in [0.5, 0.6) is 0 Å². The lowest BCUT2D eigenvalue weighted by molar-refractivity contribution is -0.139. The van der Waals surface area contributed by atoms with E-state index >= 15 is 0 Å². The van der Waals surface area contributed by atoms with Crippen LogP contribution in [0, 0.1) is 6.92 Å². The summed E-state index contributed by atoms with van der Waals surface area (Å²) in [6, 6.07) is 8.35. The van der Waals surface area contributed by atoms with Crippen LogP contribution in [-0.4, -0.2) is 22.5 Å². The minimum atomic E-state index is -0.832. The predicted molar refractivity (Wildman–Crippen MR) is 85.7 cm³/mol.